The fourth-order valence-corrected chi connectivity index (χ4v) is 3.74. The van der Waals surface area contributed by atoms with Gasteiger partial charge in [0.15, 0.2) is 0 Å². The Bertz CT molecular complexity index is 1180. The molecule has 158 valence electrons. The first-order valence-corrected chi connectivity index (χ1v) is 10.5. The number of nitrogens with zero attached hydrogens (tertiary/aromatic N) is 6. The average molecular weight is 437 g/mol. The molecule has 10 nitrogen and oxygen atoms in total. The van der Waals surface area contributed by atoms with Gasteiger partial charge in [0.25, 0.3) is 5.91 Å². The zero-order valence-electron chi connectivity index (χ0n) is 16.9. The van der Waals surface area contributed by atoms with Crippen LogP contribution in [0.4, 0.5) is 10.5 Å². The van der Waals surface area contributed by atoms with E-state index in [-0.39, 0.29) is 11.7 Å². The number of H-pyrrole nitrogens is 1. The molecule has 4 aromatic heterocycles. The summed E-state index contributed by atoms with van der Waals surface area (Å²) in [5.41, 5.74) is 2.38. The number of carbonyl (C=O) groups is 2. The number of aromatic amines is 1. The average Bonchev–Trinajstić information content (AvgIpc) is 3.55. The van der Waals surface area contributed by atoms with Gasteiger partial charge >= 0.3 is 6.03 Å². The fourth-order valence-electron chi connectivity index (χ4n) is 2.96. The highest BCUT2D eigenvalue weighted by molar-refractivity contribution is 7.13. The molecule has 2 amide bonds. The molecule has 0 aromatic carbocycles. The van der Waals surface area contributed by atoms with Gasteiger partial charge in [0.05, 0.1) is 23.8 Å². The van der Waals surface area contributed by atoms with Crippen LogP contribution in [-0.4, -0.2) is 59.9 Å². The summed E-state index contributed by atoms with van der Waals surface area (Å²) >= 11 is 1.34. The van der Waals surface area contributed by atoms with E-state index in [1.807, 2.05) is 19.9 Å². The summed E-state index contributed by atoms with van der Waals surface area (Å²) in [6, 6.07) is 5.09. The van der Waals surface area contributed by atoms with Crippen LogP contribution in [0.5, 0.6) is 0 Å². The predicted octanol–water partition coefficient (Wildman–Crippen LogP) is 3.35. The number of pyridine rings is 1. The van der Waals surface area contributed by atoms with Crippen molar-refractivity contribution < 1.29 is 9.59 Å². The molecule has 0 aliphatic heterocycles. The molecule has 0 saturated heterocycles. The highest BCUT2D eigenvalue weighted by Crippen LogP contribution is 2.27. The molecule has 2 N–H and O–H groups in total. The van der Waals surface area contributed by atoms with Crippen LogP contribution in [-0.2, 0) is 0 Å². The van der Waals surface area contributed by atoms with E-state index in [9.17, 15) is 9.59 Å². The van der Waals surface area contributed by atoms with E-state index < -0.39 is 5.91 Å². The van der Waals surface area contributed by atoms with Crippen molar-refractivity contribution in [2.45, 2.75) is 13.8 Å². The second-order valence-corrected chi connectivity index (χ2v) is 7.34. The Morgan fingerprint density at radius 3 is 2.77 bits per heavy atom. The summed E-state index contributed by atoms with van der Waals surface area (Å²) in [6.07, 6.45) is 6.49. The van der Waals surface area contributed by atoms with Crippen LogP contribution < -0.4 is 5.32 Å². The highest BCUT2D eigenvalue weighted by Gasteiger charge is 2.21. The van der Waals surface area contributed by atoms with Crippen LogP contribution in [0.1, 0.15) is 24.3 Å². The number of aromatic nitrogens is 6. The van der Waals surface area contributed by atoms with Crippen LogP contribution in [0.15, 0.2) is 48.4 Å². The Labute approximate surface area is 182 Å². The van der Waals surface area contributed by atoms with E-state index in [1.54, 1.807) is 41.0 Å². The predicted molar refractivity (Wildman–Crippen MR) is 117 cm³/mol. The zero-order valence-corrected chi connectivity index (χ0v) is 17.8. The molecule has 0 aliphatic rings. The zero-order chi connectivity index (χ0) is 21.8. The number of hydrogen-bond donors (Lipinski definition) is 2. The highest BCUT2D eigenvalue weighted by atomic mass is 32.1. The number of rotatable bonds is 6. The van der Waals surface area contributed by atoms with Gasteiger partial charge in [-0.05, 0) is 26.0 Å². The number of amides is 2. The van der Waals surface area contributed by atoms with Crippen LogP contribution in [0, 0.1) is 0 Å². The number of hydrogen-bond acceptors (Lipinski definition) is 7. The third-order valence-corrected chi connectivity index (χ3v) is 5.47. The molecule has 4 rings (SSSR count). The molecule has 11 heteroatoms. The molecule has 0 saturated carbocycles. The lowest BCUT2D eigenvalue weighted by atomic mass is 10.2. The van der Waals surface area contributed by atoms with Gasteiger partial charge < -0.3 is 10.2 Å². The Hall–Kier alpha value is -3.86. The normalized spacial score (nSPS) is 10.8. The van der Waals surface area contributed by atoms with E-state index in [4.69, 9.17) is 0 Å². The molecular formula is C20H20N8O2S. The van der Waals surface area contributed by atoms with Gasteiger partial charge in [-0.25, -0.2) is 9.78 Å². The second kappa shape index (κ2) is 8.88. The maximum Gasteiger partial charge on any atom is 0.344 e. The molecule has 0 spiro atoms. The van der Waals surface area contributed by atoms with E-state index in [0.717, 1.165) is 5.56 Å². The lowest BCUT2D eigenvalue weighted by Crippen LogP contribution is -2.34. The number of carbonyl (C=O) groups excluding carboxylic acids is 2. The Kier molecular flexibility index (Phi) is 5.85. The van der Waals surface area contributed by atoms with E-state index >= 15 is 0 Å². The van der Waals surface area contributed by atoms with Gasteiger partial charge in [-0.2, -0.15) is 14.9 Å². The first kappa shape index (κ1) is 20.4. The third-order valence-electron chi connectivity index (χ3n) is 4.58. The second-order valence-electron chi connectivity index (χ2n) is 6.48. The number of thiazole rings is 1. The van der Waals surface area contributed by atoms with Crippen LogP contribution in [0.3, 0.4) is 0 Å². The summed E-state index contributed by atoms with van der Waals surface area (Å²) in [6.45, 7) is 4.89. The first-order chi connectivity index (χ1) is 15.1. The van der Waals surface area contributed by atoms with Gasteiger partial charge in [-0.3, -0.25) is 14.9 Å². The lowest BCUT2D eigenvalue weighted by Gasteiger charge is -2.17. The molecule has 0 unspecified atom stereocenters. The lowest BCUT2D eigenvalue weighted by molar-refractivity contribution is 0.102. The van der Waals surface area contributed by atoms with E-state index in [0.29, 0.717) is 35.2 Å². The van der Waals surface area contributed by atoms with E-state index in [2.05, 4.69) is 30.6 Å². The molecule has 0 atom stereocenters. The van der Waals surface area contributed by atoms with Crippen molar-refractivity contribution in [3.05, 3.63) is 54.1 Å². The summed E-state index contributed by atoms with van der Waals surface area (Å²) < 4.78 is 1.23. The van der Waals surface area contributed by atoms with Crippen molar-refractivity contribution >= 4 is 29.0 Å². The monoisotopic (exact) mass is 436 g/mol. The summed E-state index contributed by atoms with van der Waals surface area (Å²) in [4.78, 5) is 36.0. The van der Waals surface area contributed by atoms with Gasteiger partial charge in [0.2, 0.25) is 0 Å². The third kappa shape index (κ3) is 4.21. The summed E-state index contributed by atoms with van der Waals surface area (Å²) in [5, 5.41) is 16.2. The molecule has 0 fully saturated rings. The van der Waals surface area contributed by atoms with Crippen molar-refractivity contribution in [1.82, 2.24) is 34.8 Å². The summed E-state index contributed by atoms with van der Waals surface area (Å²) in [7, 11) is 0. The van der Waals surface area contributed by atoms with Crippen molar-refractivity contribution in [3.8, 4) is 22.0 Å². The number of nitrogens with one attached hydrogen (secondary N) is 2. The van der Waals surface area contributed by atoms with E-state index in [1.165, 1.54) is 22.2 Å². The van der Waals surface area contributed by atoms with Crippen molar-refractivity contribution in [1.29, 1.82) is 0 Å². The SMILES string of the molecule is CCN(CC)C(=O)n1cc(NC(=O)c2csc(-c3cn[nH]c3)n2)c(-c2ccccn2)n1. The Balaban J connectivity index is 1.65. The molecule has 0 aliphatic carbocycles. The minimum atomic E-state index is -0.405. The van der Waals surface area contributed by atoms with Crippen molar-refractivity contribution in [2.24, 2.45) is 0 Å². The largest absolute Gasteiger partial charge is 0.344 e. The van der Waals surface area contributed by atoms with Crippen LogP contribution in [0.25, 0.3) is 22.0 Å². The quantitative estimate of drug-likeness (QED) is 0.478. The standard InChI is InChI=1S/C20H20N8O2S/c1-3-27(4-2)20(30)28-11-15(17(26-28)14-7-5-6-8-21-14)24-18(29)16-12-31-19(25-16)13-9-22-23-10-13/h5-12H,3-4H2,1-2H3,(H,22,23)(H,24,29). The topological polar surface area (TPSA) is 122 Å². The Morgan fingerprint density at radius 1 is 1.26 bits per heavy atom. The van der Waals surface area contributed by atoms with Gasteiger partial charge in [-0.15, -0.1) is 11.3 Å². The van der Waals surface area contributed by atoms with Crippen LogP contribution in [0.2, 0.25) is 0 Å². The molecule has 4 aromatic rings. The Morgan fingerprint density at radius 2 is 2.10 bits per heavy atom. The fraction of sp³-hybridized carbons (Fsp3) is 0.200. The minimum Gasteiger partial charge on any atom is -0.323 e. The first-order valence-electron chi connectivity index (χ1n) is 9.67. The minimum absolute atomic E-state index is 0.260. The molecule has 31 heavy (non-hydrogen) atoms. The molecular weight excluding hydrogens is 416 g/mol. The number of anilines is 1. The van der Waals surface area contributed by atoms with Gasteiger partial charge in [0, 0.05) is 36.4 Å². The molecule has 0 radical (unpaired) electrons. The smallest absolute Gasteiger partial charge is 0.323 e. The maximum atomic E-state index is 12.9. The maximum absolute atomic E-state index is 12.9. The van der Waals surface area contributed by atoms with Crippen LogP contribution >= 0.6 is 11.3 Å². The van der Waals surface area contributed by atoms with Crippen molar-refractivity contribution in [2.75, 3.05) is 18.4 Å². The van der Waals surface area contributed by atoms with Gasteiger partial charge in [-0.1, -0.05) is 6.07 Å². The van der Waals surface area contributed by atoms with Gasteiger partial charge in [0.1, 0.15) is 16.4 Å². The molecule has 4 heterocycles. The van der Waals surface area contributed by atoms with Crippen molar-refractivity contribution in [3.63, 3.8) is 0 Å². The molecule has 0 bridgehead atoms. The summed E-state index contributed by atoms with van der Waals surface area (Å²) in [5.74, 6) is -0.405.